The average molecular weight is 282 g/mol. The minimum absolute atomic E-state index is 0.300. The molecule has 1 aromatic heterocycles. The molecule has 0 aliphatic carbocycles. The molecule has 1 aliphatic heterocycles. The second-order valence-electron chi connectivity index (χ2n) is 4.96. The number of benzene rings is 2. The van der Waals surface area contributed by atoms with Crippen LogP contribution in [0.3, 0.4) is 0 Å². The molecule has 2 heterocycles. The van der Waals surface area contributed by atoms with Crippen LogP contribution >= 0.6 is 0 Å². The van der Waals surface area contributed by atoms with E-state index in [0.717, 1.165) is 33.8 Å². The molecule has 4 rings (SSSR count). The summed E-state index contributed by atoms with van der Waals surface area (Å²) in [5, 5.41) is 3.38. The van der Waals surface area contributed by atoms with Gasteiger partial charge in [0.1, 0.15) is 5.52 Å². The maximum Gasteiger partial charge on any atom is 0.231 e. The first kappa shape index (κ1) is 12.1. The molecule has 0 amide bonds. The Morgan fingerprint density at radius 2 is 2.00 bits per heavy atom. The zero-order valence-electron chi connectivity index (χ0n) is 11.6. The van der Waals surface area contributed by atoms with Gasteiger partial charge in [0.05, 0.1) is 0 Å². The molecule has 3 aromatic rings. The van der Waals surface area contributed by atoms with Crippen LogP contribution in [0.25, 0.3) is 11.1 Å². The minimum Gasteiger partial charge on any atom is -0.454 e. The average Bonchev–Trinajstić information content (AvgIpc) is 3.08. The van der Waals surface area contributed by atoms with Gasteiger partial charge in [-0.2, -0.15) is 0 Å². The number of hydrogen-bond donors (Lipinski definition) is 1. The molecule has 5 heteroatoms. The van der Waals surface area contributed by atoms with Crippen LogP contribution in [0.4, 0.5) is 5.69 Å². The van der Waals surface area contributed by atoms with Crippen molar-refractivity contribution in [2.24, 2.45) is 0 Å². The van der Waals surface area contributed by atoms with E-state index >= 15 is 0 Å². The summed E-state index contributed by atoms with van der Waals surface area (Å²) in [5.74, 6) is 2.29. The smallest absolute Gasteiger partial charge is 0.231 e. The Bertz CT molecular complexity index is 810. The van der Waals surface area contributed by atoms with Crippen LogP contribution in [-0.2, 0) is 6.54 Å². The zero-order chi connectivity index (χ0) is 14.2. The highest BCUT2D eigenvalue weighted by molar-refractivity contribution is 5.77. The van der Waals surface area contributed by atoms with Gasteiger partial charge in [0.2, 0.25) is 6.79 Å². The van der Waals surface area contributed by atoms with Crippen molar-refractivity contribution in [3.05, 3.63) is 47.9 Å². The van der Waals surface area contributed by atoms with E-state index < -0.39 is 0 Å². The zero-order valence-corrected chi connectivity index (χ0v) is 11.6. The van der Waals surface area contributed by atoms with Gasteiger partial charge < -0.3 is 19.2 Å². The van der Waals surface area contributed by atoms with Crippen molar-refractivity contribution in [3.8, 4) is 11.5 Å². The SMILES string of the molecule is Cc1nc2cc(NCc3ccc4c(c3)OCO4)ccc2o1. The predicted molar refractivity (Wildman–Crippen MR) is 78.6 cm³/mol. The van der Waals surface area contributed by atoms with Crippen molar-refractivity contribution >= 4 is 16.8 Å². The van der Waals surface area contributed by atoms with E-state index in [0.29, 0.717) is 19.2 Å². The van der Waals surface area contributed by atoms with Crippen LogP contribution in [-0.4, -0.2) is 11.8 Å². The third-order valence-corrected chi connectivity index (χ3v) is 3.43. The number of aryl methyl sites for hydroxylation is 1. The summed E-state index contributed by atoms with van der Waals surface area (Å²) >= 11 is 0. The summed E-state index contributed by atoms with van der Waals surface area (Å²) < 4.78 is 16.2. The van der Waals surface area contributed by atoms with Crippen LogP contribution < -0.4 is 14.8 Å². The summed E-state index contributed by atoms with van der Waals surface area (Å²) in [5.41, 5.74) is 3.81. The largest absolute Gasteiger partial charge is 0.454 e. The van der Waals surface area contributed by atoms with Gasteiger partial charge >= 0.3 is 0 Å². The highest BCUT2D eigenvalue weighted by atomic mass is 16.7. The monoisotopic (exact) mass is 282 g/mol. The first-order valence-corrected chi connectivity index (χ1v) is 6.77. The fourth-order valence-corrected chi connectivity index (χ4v) is 2.41. The molecule has 0 radical (unpaired) electrons. The number of nitrogens with zero attached hydrogens (tertiary/aromatic N) is 1. The minimum atomic E-state index is 0.300. The first-order chi connectivity index (χ1) is 10.3. The molecule has 1 N–H and O–H groups in total. The van der Waals surface area contributed by atoms with Gasteiger partial charge in [0.25, 0.3) is 0 Å². The lowest BCUT2D eigenvalue weighted by atomic mass is 10.2. The van der Waals surface area contributed by atoms with Gasteiger partial charge in [-0.25, -0.2) is 4.98 Å². The van der Waals surface area contributed by atoms with E-state index in [-0.39, 0.29) is 0 Å². The van der Waals surface area contributed by atoms with Gasteiger partial charge in [0.15, 0.2) is 23.0 Å². The summed E-state index contributed by atoms with van der Waals surface area (Å²) in [6.07, 6.45) is 0. The van der Waals surface area contributed by atoms with E-state index in [1.165, 1.54) is 0 Å². The Labute approximate surface area is 121 Å². The number of oxazole rings is 1. The van der Waals surface area contributed by atoms with Crippen molar-refractivity contribution in [1.29, 1.82) is 0 Å². The quantitative estimate of drug-likeness (QED) is 0.797. The van der Waals surface area contributed by atoms with E-state index in [4.69, 9.17) is 13.9 Å². The molecule has 21 heavy (non-hydrogen) atoms. The van der Waals surface area contributed by atoms with Crippen LogP contribution in [0.2, 0.25) is 0 Å². The second kappa shape index (κ2) is 4.70. The van der Waals surface area contributed by atoms with Gasteiger partial charge in [-0.1, -0.05) is 6.07 Å². The Balaban J connectivity index is 1.52. The number of nitrogens with one attached hydrogen (secondary N) is 1. The summed E-state index contributed by atoms with van der Waals surface area (Å²) in [4.78, 5) is 4.33. The van der Waals surface area contributed by atoms with Crippen molar-refractivity contribution in [2.45, 2.75) is 13.5 Å². The molecule has 2 aromatic carbocycles. The molecule has 0 saturated heterocycles. The fraction of sp³-hybridized carbons (Fsp3) is 0.188. The molecule has 1 aliphatic rings. The topological polar surface area (TPSA) is 56.5 Å². The van der Waals surface area contributed by atoms with Crippen LogP contribution in [0.5, 0.6) is 11.5 Å². The molecule has 0 bridgehead atoms. The third kappa shape index (κ3) is 2.27. The second-order valence-corrected chi connectivity index (χ2v) is 4.96. The van der Waals surface area contributed by atoms with E-state index in [2.05, 4.69) is 10.3 Å². The number of fused-ring (bicyclic) bond motifs is 2. The third-order valence-electron chi connectivity index (χ3n) is 3.43. The molecule has 0 atom stereocenters. The highest BCUT2D eigenvalue weighted by Crippen LogP contribution is 2.32. The molecule has 5 nitrogen and oxygen atoms in total. The molecule has 0 saturated carbocycles. The molecule has 0 unspecified atom stereocenters. The Kier molecular flexibility index (Phi) is 2.70. The Morgan fingerprint density at radius 1 is 1.10 bits per heavy atom. The Morgan fingerprint density at radius 3 is 2.95 bits per heavy atom. The van der Waals surface area contributed by atoms with E-state index in [1.807, 2.05) is 43.3 Å². The standard InChI is InChI=1S/C16H14N2O3/c1-10-18-13-7-12(3-5-14(13)21-10)17-8-11-2-4-15-16(6-11)20-9-19-15/h2-7,17H,8-9H2,1H3. The number of aromatic nitrogens is 1. The van der Waals surface area contributed by atoms with E-state index in [1.54, 1.807) is 0 Å². The summed E-state index contributed by atoms with van der Waals surface area (Å²) in [6.45, 7) is 2.85. The normalized spacial score (nSPS) is 12.8. The van der Waals surface area contributed by atoms with Crippen LogP contribution in [0.1, 0.15) is 11.5 Å². The van der Waals surface area contributed by atoms with Gasteiger partial charge in [0, 0.05) is 19.2 Å². The first-order valence-electron chi connectivity index (χ1n) is 6.77. The molecule has 0 spiro atoms. The van der Waals surface area contributed by atoms with Crippen molar-refractivity contribution < 1.29 is 13.9 Å². The molecular weight excluding hydrogens is 268 g/mol. The van der Waals surface area contributed by atoms with Crippen molar-refractivity contribution in [1.82, 2.24) is 4.98 Å². The van der Waals surface area contributed by atoms with Gasteiger partial charge in [-0.3, -0.25) is 0 Å². The number of anilines is 1. The number of rotatable bonds is 3. The maximum atomic E-state index is 5.47. The van der Waals surface area contributed by atoms with Gasteiger partial charge in [-0.05, 0) is 35.9 Å². The molecule has 0 fully saturated rings. The molecular formula is C16H14N2O3. The highest BCUT2D eigenvalue weighted by Gasteiger charge is 2.13. The number of ether oxygens (including phenoxy) is 2. The lowest BCUT2D eigenvalue weighted by Crippen LogP contribution is -1.99. The Hall–Kier alpha value is -2.69. The van der Waals surface area contributed by atoms with Crippen LogP contribution in [0, 0.1) is 6.92 Å². The van der Waals surface area contributed by atoms with E-state index in [9.17, 15) is 0 Å². The summed E-state index contributed by atoms with van der Waals surface area (Å²) in [6, 6.07) is 11.9. The van der Waals surface area contributed by atoms with Crippen LogP contribution in [0.15, 0.2) is 40.8 Å². The summed E-state index contributed by atoms with van der Waals surface area (Å²) in [7, 11) is 0. The predicted octanol–water partition coefficient (Wildman–Crippen LogP) is 3.48. The van der Waals surface area contributed by atoms with Crippen molar-refractivity contribution in [2.75, 3.05) is 12.1 Å². The number of hydrogen-bond acceptors (Lipinski definition) is 5. The molecule has 106 valence electrons. The fourth-order valence-electron chi connectivity index (χ4n) is 2.41. The van der Waals surface area contributed by atoms with Gasteiger partial charge in [-0.15, -0.1) is 0 Å². The lowest BCUT2D eigenvalue weighted by Gasteiger charge is -2.07. The van der Waals surface area contributed by atoms with Crippen molar-refractivity contribution in [3.63, 3.8) is 0 Å². The lowest BCUT2D eigenvalue weighted by molar-refractivity contribution is 0.174. The maximum absolute atomic E-state index is 5.47.